The number of hydrogen-bond donors (Lipinski definition) is 1. The maximum Gasteiger partial charge on any atom is 0.326 e. The molecule has 1 aromatic carbocycles. The first-order valence-electron chi connectivity index (χ1n) is 8.57. The van der Waals surface area contributed by atoms with Gasteiger partial charge in [-0.1, -0.05) is 0 Å². The van der Waals surface area contributed by atoms with Gasteiger partial charge >= 0.3 is 5.69 Å². The third-order valence-electron chi connectivity index (χ3n) is 4.51. The molecule has 0 unspecified atom stereocenters. The van der Waals surface area contributed by atoms with Crippen molar-refractivity contribution in [2.75, 3.05) is 0 Å². The second-order valence-electron chi connectivity index (χ2n) is 6.47. The van der Waals surface area contributed by atoms with Crippen LogP contribution in [0.2, 0.25) is 0 Å². The Labute approximate surface area is 159 Å². The number of hydrogen-bond acceptors (Lipinski definition) is 4. The van der Waals surface area contributed by atoms with Crippen LogP contribution < -0.4 is 5.69 Å². The van der Waals surface area contributed by atoms with Gasteiger partial charge in [0.25, 0.3) is 5.91 Å². The molecule has 0 saturated heterocycles. The molecule has 0 spiro atoms. The van der Waals surface area contributed by atoms with Crippen molar-refractivity contribution in [1.82, 2.24) is 14.5 Å². The second kappa shape index (κ2) is 6.92. The molecule has 0 aliphatic heterocycles. The average molecular weight is 381 g/mol. The molecule has 3 aromatic heterocycles. The van der Waals surface area contributed by atoms with Crippen molar-refractivity contribution in [3.05, 3.63) is 80.3 Å². The molecule has 27 heavy (non-hydrogen) atoms. The number of nitrogens with one attached hydrogen (secondary N) is 1. The molecule has 0 bridgehead atoms. The van der Waals surface area contributed by atoms with Crippen molar-refractivity contribution in [2.45, 2.75) is 20.0 Å². The fourth-order valence-corrected chi connectivity index (χ4v) is 4.01. The lowest BCUT2D eigenvalue weighted by Gasteiger charge is -2.21. The van der Waals surface area contributed by atoms with Gasteiger partial charge in [-0.25, -0.2) is 4.79 Å². The molecule has 1 N–H and O–H groups in total. The summed E-state index contributed by atoms with van der Waals surface area (Å²) >= 11 is 1.67. The first-order valence-corrected chi connectivity index (χ1v) is 9.38. The number of imidazole rings is 1. The molecule has 6 nitrogen and oxygen atoms in total. The number of carbonyl (C=O) groups is 1. The van der Waals surface area contributed by atoms with E-state index in [1.165, 1.54) is 9.44 Å². The molecule has 0 aliphatic carbocycles. The molecular formula is C20H19N3O3S. The minimum absolute atomic E-state index is 0.107. The van der Waals surface area contributed by atoms with Crippen LogP contribution in [0.1, 0.15) is 25.9 Å². The van der Waals surface area contributed by atoms with E-state index in [1.54, 1.807) is 47.7 Å². The van der Waals surface area contributed by atoms with E-state index >= 15 is 0 Å². The highest BCUT2D eigenvalue weighted by Gasteiger charge is 2.19. The highest BCUT2D eigenvalue weighted by molar-refractivity contribution is 7.11. The summed E-state index contributed by atoms with van der Waals surface area (Å²) in [5, 5.41) is 0. The van der Waals surface area contributed by atoms with E-state index in [4.69, 9.17) is 4.42 Å². The summed E-state index contributed by atoms with van der Waals surface area (Å²) in [6.45, 7) is 2.93. The lowest BCUT2D eigenvalue weighted by Crippen LogP contribution is -2.29. The van der Waals surface area contributed by atoms with Crippen LogP contribution in [0.25, 0.3) is 11.0 Å². The minimum Gasteiger partial charge on any atom is -0.467 e. The topological polar surface area (TPSA) is 71.2 Å². The molecule has 7 heteroatoms. The summed E-state index contributed by atoms with van der Waals surface area (Å²) in [6, 6.07) is 13.0. The molecule has 0 radical (unpaired) electrons. The van der Waals surface area contributed by atoms with Gasteiger partial charge in [0.15, 0.2) is 0 Å². The average Bonchev–Trinajstić information content (AvgIpc) is 3.37. The summed E-state index contributed by atoms with van der Waals surface area (Å²) in [6.07, 6.45) is 1.61. The van der Waals surface area contributed by atoms with Crippen LogP contribution in [0.15, 0.2) is 57.9 Å². The normalized spacial score (nSPS) is 11.2. The summed E-state index contributed by atoms with van der Waals surface area (Å²) < 4.78 is 6.97. The Balaban J connectivity index is 1.67. The Bertz CT molecular complexity index is 1150. The number of H-pyrrole nitrogens is 1. The number of aromatic amines is 1. The summed E-state index contributed by atoms with van der Waals surface area (Å²) in [7, 11) is 1.70. The molecule has 0 saturated carbocycles. The molecule has 1 amide bonds. The summed E-state index contributed by atoms with van der Waals surface area (Å²) in [4.78, 5) is 31.9. The number of aryl methyl sites for hydroxylation is 2. The molecule has 0 fully saturated rings. The summed E-state index contributed by atoms with van der Waals surface area (Å²) in [5.74, 6) is 0.620. The summed E-state index contributed by atoms with van der Waals surface area (Å²) in [5.41, 5.74) is 1.75. The van der Waals surface area contributed by atoms with E-state index in [0.717, 1.165) is 16.2 Å². The number of benzene rings is 1. The standard InChI is InChI=1S/C20H19N3O3S/c1-13-5-7-16(27-13)12-23(11-15-4-3-9-26-15)19(24)14-6-8-18-17(10-14)21-20(25)22(18)2/h3-10H,11-12H2,1-2H3,(H,21,25). The van der Waals surface area contributed by atoms with Crippen molar-refractivity contribution in [3.8, 4) is 0 Å². The maximum atomic E-state index is 13.2. The lowest BCUT2D eigenvalue weighted by molar-refractivity contribution is 0.0719. The van der Waals surface area contributed by atoms with E-state index in [9.17, 15) is 9.59 Å². The number of nitrogens with zero attached hydrogens (tertiary/aromatic N) is 2. The van der Waals surface area contributed by atoms with Gasteiger partial charge in [-0.15, -0.1) is 11.3 Å². The quantitative estimate of drug-likeness (QED) is 0.573. The van der Waals surface area contributed by atoms with Crippen LogP contribution in [0, 0.1) is 6.92 Å². The van der Waals surface area contributed by atoms with Gasteiger partial charge in [-0.2, -0.15) is 0 Å². The number of aromatic nitrogens is 2. The van der Waals surface area contributed by atoms with Crippen LogP contribution in [0.3, 0.4) is 0 Å². The number of thiophene rings is 1. The van der Waals surface area contributed by atoms with Crippen LogP contribution in [-0.4, -0.2) is 20.4 Å². The number of carbonyl (C=O) groups excluding carboxylic acids is 1. The van der Waals surface area contributed by atoms with Crippen molar-refractivity contribution < 1.29 is 9.21 Å². The van der Waals surface area contributed by atoms with Gasteiger partial charge in [0.2, 0.25) is 0 Å². The molecule has 4 aromatic rings. The fraction of sp³-hybridized carbons (Fsp3) is 0.200. The second-order valence-corrected chi connectivity index (χ2v) is 7.85. The van der Waals surface area contributed by atoms with Gasteiger partial charge < -0.3 is 14.3 Å². The number of amides is 1. The Kier molecular flexibility index (Phi) is 4.45. The van der Waals surface area contributed by atoms with Gasteiger partial charge in [-0.05, 0) is 49.4 Å². The highest BCUT2D eigenvalue weighted by atomic mass is 32.1. The van der Waals surface area contributed by atoms with Crippen LogP contribution in [0.4, 0.5) is 0 Å². The maximum absolute atomic E-state index is 13.2. The largest absolute Gasteiger partial charge is 0.467 e. The van der Waals surface area contributed by atoms with Crippen molar-refractivity contribution in [3.63, 3.8) is 0 Å². The van der Waals surface area contributed by atoms with Gasteiger partial charge in [0.05, 0.1) is 30.4 Å². The zero-order valence-corrected chi connectivity index (χ0v) is 15.9. The molecular weight excluding hydrogens is 362 g/mol. The van der Waals surface area contributed by atoms with E-state index in [-0.39, 0.29) is 11.6 Å². The van der Waals surface area contributed by atoms with Gasteiger partial charge in [0, 0.05) is 22.4 Å². The Morgan fingerprint density at radius 3 is 2.78 bits per heavy atom. The molecule has 138 valence electrons. The number of furan rings is 1. The first-order chi connectivity index (χ1) is 13.0. The highest BCUT2D eigenvalue weighted by Crippen LogP contribution is 2.21. The van der Waals surface area contributed by atoms with Crippen molar-refractivity contribution >= 4 is 28.3 Å². The SMILES string of the molecule is Cc1ccc(CN(Cc2ccco2)C(=O)c2ccc3c(c2)[nH]c(=O)n3C)s1. The zero-order valence-electron chi connectivity index (χ0n) is 15.1. The third kappa shape index (κ3) is 3.46. The smallest absolute Gasteiger partial charge is 0.326 e. The minimum atomic E-state index is -0.198. The molecule has 4 rings (SSSR count). The molecule has 0 atom stereocenters. The first kappa shape index (κ1) is 17.4. The van der Waals surface area contributed by atoms with E-state index in [2.05, 4.69) is 11.1 Å². The Morgan fingerprint density at radius 1 is 1.22 bits per heavy atom. The van der Waals surface area contributed by atoms with Crippen LogP contribution >= 0.6 is 11.3 Å². The Morgan fingerprint density at radius 2 is 2.07 bits per heavy atom. The van der Waals surface area contributed by atoms with E-state index in [1.807, 2.05) is 25.1 Å². The van der Waals surface area contributed by atoms with E-state index in [0.29, 0.717) is 24.2 Å². The Hall–Kier alpha value is -3.06. The lowest BCUT2D eigenvalue weighted by atomic mass is 10.1. The molecule has 3 heterocycles. The number of fused-ring (bicyclic) bond motifs is 1. The van der Waals surface area contributed by atoms with E-state index < -0.39 is 0 Å². The predicted molar refractivity (Wildman–Crippen MR) is 105 cm³/mol. The zero-order chi connectivity index (χ0) is 19.0. The van der Waals surface area contributed by atoms with Crippen molar-refractivity contribution in [1.29, 1.82) is 0 Å². The van der Waals surface area contributed by atoms with Crippen LogP contribution in [0.5, 0.6) is 0 Å². The molecule has 0 aliphatic rings. The van der Waals surface area contributed by atoms with Gasteiger partial charge in [-0.3, -0.25) is 9.36 Å². The van der Waals surface area contributed by atoms with Crippen molar-refractivity contribution in [2.24, 2.45) is 7.05 Å². The monoisotopic (exact) mass is 381 g/mol. The third-order valence-corrected chi connectivity index (χ3v) is 5.49. The van der Waals surface area contributed by atoms with Crippen LogP contribution in [-0.2, 0) is 20.1 Å². The fourth-order valence-electron chi connectivity index (χ4n) is 3.10. The number of rotatable bonds is 5. The van der Waals surface area contributed by atoms with Gasteiger partial charge in [0.1, 0.15) is 5.76 Å². The predicted octanol–water partition coefficient (Wildman–Crippen LogP) is 3.67.